The third-order valence-corrected chi connectivity index (χ3v) is 4.50. The van der Waals surface area contributed by atoms with E-state index in [9.17, 15) is 9.59 Å². The molecule has 4 nitrogen and oxygen atoms in total. The molecule has 0 aromatic heterocycles. The minimum Gasteiger partial charge on any atom is -0.465 e. The van der Waals surface area contributed by atoms with E-state index in [1.54, 1.807) is 38.1 Å². The SMILES string of the molecule is CCCCCCOC(=O)C(CC)(CC)C(=O)Oc1ccc(Cl)cc1. The van der Waals surface area contributed by atoms with Crippen LogP contribution in [-0.4, -0.2) is 18.5 Å². The lowest BCUT2D eigenvalue weighted by molar-refractivity contribution is -0.168. The van der Waals surface area contributed by atoms with Crippen LogP contribution in [0.3, 0.4) is 0 Å². The van der Waals surface area contributed by atoms with Gasteiger partial charge in [0.1, 0.15) is 5.75 Å². The van der Waals surface area contributed by atoms with Gasteiger partial charge in [-0.25, -0.2) is 0 Å². The quantitative estimate of drug-likeness (QED) is 0.251. The lowest BCUT2D eigenvalue weighted by Gasteiger charge is -2.26. The maximum atomic E-state index is 12.6. The zero-order chi connectivity index (χ0) is 18.0. The molecule has 0 aliphatic heterocycles. The first-order chi connectivity index (χ1) is 11.5. The second-order valence-electron chi connectivity index (χ2n) is 5.83. The topological polar surface area (TPSA) is 52.6 Å². The average Bonchev–Trinajstić information content (AvgIpc) is 2.58. The zero-order valence-corrected chi connectivity index (χ0v) is 15.5. The number of hydrogen-bond acceptors (Lipinski definition) is 4. The van der Waals surface area contributed by atoms with Crippen molar-refractivity contribution in [1.29, 1.82) is 0 Å². The van der Waals surface area contributed by atoms with Crippen molar-refractivity contribution >= 4 is 23.5 Å². The van der Waals surface area contributed by atoms with Crippen LogP contribution in [0, 0.1) is 5.41 Å². The predicted molar refractivity (Wildman–Crippen MR) is 95.2 cm³/mol. The van der Waals surface area contributed by atoms with Gasteiger partial charge >= 0.3 is 11.9 Å². The summed E-state index contributed by atoms with van der Waals surface area (Å²) >= 11 is 5.82. The number of hydrogen-bond donors (Lipinski definition) is 0. The lowest BCUT2D eigenvalue weighted by Crippen LogP contribution is -2.42. The van der Waals surface area contributed by atoms with Gasteiger partial charge in [0, 0.05) is 5.02 Å². The minimum atomic E-state index is -1.26. The Kier molecular flexibility index (Phi) is 8.83. The molecule has 0 aliphatic carbocycles. The summed E-state index contributed by atoms with van der Waals surface area (Å²) in [4.78, 5) is 25.1. The normalized spacial score (nSPS) is 11.2. The average molecular weight is 355 g/mol. The van der Waals surface area contributed by atoms with Crippen LogP contribution in [-0.2, 0) is 14.3 Å². The third-order valence-electron chi connectivity index (χ3n) is 4.24. The Morgan fingerprint density at radius 1 is 0.958 bits per heavy atom. The molecular formula is C19H27ClO4. The standard InChI is InChI=1S/C19H27ClO4/c1-4-7-8-9-14-23-17(21)19(5-2,6-3)18(22)24-16-12-10-15(20)11-13-16/h10-13H,4-9,14H2,1-3H3. The van der Waals surface area contributed by atoms with Crippen molar-refractivity contribution in [3.05, 3.63) is 29.3 Å². The molecule has 0 amide bonds. The summed E-state index contributed by atoms with van der Waals surface area (Å²) in [7, 11) is 0. The third kappa shape index (κ3) is 5.52. The van der Waals surface area contributed by atoms with Gasteiger partial charge in [-0.3, -0.25) is 9.59 Å². The molecule has 0 atom stereocenters. The highest BCUT2D eigenvalue weighted by Crippen LogP contribution is 2.31. The maximum absolute atomic E-state index is 12.6. The van der Waals surface area contributed by atoms with Gasteiger partial charge in [-0.15, -0.1) is 0 Å². The van der Waals surface area contributed by atoms with Crippen LogP contribution in [0.15, 0.2) is 24.3 Å². The fraction of sp³-hybridized carbons (Fsp3) is 0.579. The Balaban J connectivity index is 2.72. The first kappa shape index (κ1) is 20.5. The van der Waals surface area contributed by atoms with Crippen LogP contribution in [0.5, 0.6) is 5.75 Å². The van der Waals surface area contributed by atoms with Gasteiger partial charge in [0.25, 0.3) is 0 Å². The van der Waals surface area contributed by atoms with Crippen LogP contribution < -0.4 is 4.74 Å². The predicted octanol–water partition coefficient (Wildman–Crippen LogP) is 5.18. The largest absolute Gasteiger partial charge is 0.465 e. The number of carbonyl (C=O) groups is 2. The monoisotopic (exact) mass is 354 g/mol. The van der Waals surface area contributed by atoms with Crippen molar-refractivity contribution in [2.24, 2.45) is 5.41 Å². The first-order valence-corrected chi connectivity index (χ1v) is 9.03. The van der Waals surface area contributed by atoms with E-state index in [1.807, 2.05) is 0 Å². The summed E-state index contributed by atoms with van der Waals surface area (Å²) in [5.74, 6) is -0.706. The summed E-state index contributed by atoms with van der Waals surface area (Å²) < 4.78 is 10.7. The molecule has 1 aromatic carbocycles. The summed E-state index contributed by atoms with van der Waals surface area (Å²) in [6.45, 7) is 6.06. The molecular weight excluding hydrogens is 328 g/mol. The van der Waals surface area contributed by atoms with E-state index in [1.165, 1.54) is 0 Å². The van der Waals surface area contributed by atoms with Crippen LogP contribution in [0.2, 0.25) is 5.02 Å². The molecule has 0 saturated heterocycles. The number of ether oxygens (including phenoxy) is 2. The Hall–Kier alpha value is -1.55. The van der Waals surface area contributed by atoms with Crippen molar-refractivity contribution in [2.75, 3.05) is 6.61 Å². The van der Waals surface area contributed by atoms with Gasteiger partial charge in [-0.1, -0.05) is 51.6 Å². The highest BCUT2D eigenvalue weighted by atomic mass is 35.5. The number of esters is 2. The van der Waals surface area contributed by atoms with E-state index in [0.717, 1.165) is 25.7 Å². The van der Waals surface area contributed by atoms with Crippen LogP contribution in [0.4, 0.5) is 0 Å². The van der Waals surface area contributed by atoms with E-state index >= 15 is 0 Å². The number of rotatable bonds is 10. The number of halogens is 1. The summed E-state index contributed by atoms with van der Waals surface area (Å²) in [5.41, 5.74) is -1.26. The molecule has 0 bridgehead atoms. The Morgan fingerprint density at radius 3 is 2.12 bits per heavy atom. The van der Waals surface area contributed by atoms with Crippen molar-refractivity contribution in [3.8, 4) is 5.75 Å². The van der Waals surface area contributed by atoms with Crippen molar-refractivity contribution in [2.45, 2.75) is 59.3 Å². The van der Waals surface area contributed by atoms with Crippen molar-refractivity contribution < 1.29 is 19.1 Å². The second kappa shape index (κ2) is 10.3. The number of carbonyl (C=O) groups excluding carboxylic acids is 2. The van der Waals surface area contributed by atoms with E-state index in [-0.39, 0.29) is 0 Å². The molecule has 5 heteroatoms. The molecule has 0 unspecified atom stereocenters. The van der Waals surface area contributed by atoms with Gasteiger partial charge in [0.15, 0.2) is 5.41 Å². The van der Waals surface area contributed by atoms with E-state index in [2.05, 4.69) is 6.92 Å². The van der Waals surface area contributed by atoms with Crippen LogP contribution in [0.25, 0.3) is 0 Å². The molecule has 0 heterocycles. The Morgan fingerprint density at radius 2 is 1.58 bits per heavy atom. The molecule has 1 rings (SSSR count). The molecule has 0 saturated carbocycles. The van der Waals surface area contributed by atoms with E-state index in [4.69, 9.17) is 21.1 Å². The van der Waals surface area contributed by atoms with Gasteiger partial charge in [0.2, 0.25) is 0 Å². The zero-order valence-electron chi connectivity index (χ0n) is 14.8. The molecule has 0 radical (unpaired) electrons. The van der Waals surface area contributed by atoms with Gasteiger partial charge in [-0.05, 0) is 43.5 Å². The maximum Gasteiger partial charge on any atom is 0.328 e. The molecule has 0 spiro atoms. The van der Waals surface area contributed by atoms with Crippen LogP contribution >= 0.6 is 11.6 Å². The fourth-order valence-electron chi connectivity index (χ4n) is 2.45. The summed E-state index contributed by atoms with van der Waals surface area (Å²) in [6.07, 6.45) is 4.74. The number of unbranched alkanes of at least 4 members (excludes halogenated alkanes) is 3. The van der Waals surface area contributed by atoms with E-state index < -0.39 is 17.4 Å². The Labute approximate surface area is 149 Å². The molecule has 0 fully saturated rings. The highest BCUT2D eigenvalue weighted by molar-refractivity contribution is 6.30. The second-order valence-corrected chi connectivity index (χ2v) is 6.27. The smallest absolute Gasteiger partial charge is 0.328 e. The summed E-state index contributed by atoms with van der Waals surface area (Å²) in [6, 6.07) is 6.48. The first-order valence-electron chi connectivity index (χ1n) is 8.65. The Bertz CT molecular complexity index is 521. The fourth-order valence-corrected chi connectivity index (χ4v) is 2.58. The summed E-state index contributed by atoms with van der Waals surface area (Å²) in [5, 5.41) is 0.554. The van der Waals surface area contributed by atoms with Crippen molar-refractivity contribution in [3.63, 3.8) is 0 Å². The number of benzene rings is 1. The van der Waals surface area contributed by atoms with E-state index in [0.29, 0.717) is 30.2 Å². The molecule has 0 N–H and O–H groups in total. The van der Waals surface area contributed by atoms with Gasteiger partial charge in [-0.2, -0.15) is 0 Å². The molecule has 0 aliphatic rings. The van der Waals surface area contributed by atoms with Gasteiger partial charge < -0.3 is 9.47 Å². The van der Waals surface area contributed by atoms with Gasteiger partial charge in [0.05, 0.1) is 6.61 Å². The highest BCUT2D eigenvalue weighted by Gasteiger charge is 2.46. The molecule has 134 valence electrons. The molecule has 1 aromatic rings. The lowest BCUT2D eigenvalue weighted by atomic mass is 9.82. The minimum absolute atomic E-state index is 0.337. The molecule has 24 heavy (non-hydrogen) atoms. The van der Waals surface area contributed by atoms with Crippen LogP contribution in [0.1, 0.15) is 59.3 Å². The van der Waals surface area contributed by atoms with Crippen molar-refractivity contribution in [1.82, 2.24) is 0 Å².